The number of pyridine rings is 1. The number of allylic oxidation sites excluding steroid dienone is 2. The molecule has 2 unspecified atom stereocenters. The second kappa shape index (κ2) is 12.4. The number of aromatic nitrogens is 1. The largest absolute Gasteiger partial charge is 0.480 e. The van der Waals surface area contributed by atoms with Crippen LogP contribution < -0.4 is 5.32 Å². The van der Waals surface area contributed by atoms with Gasteiger partial charge < -0.3 is 10.2 Å². The molecule has 0 aliphatic rings. The fraction of sp³-hybridized carbons (Fsp3) is 0.211. The molecule has 0 aromatic carbocycles. The van der Waals surface area contributed by atoms with Crippen LogP contribution in [-0.4, -0.2) is 39.2 Å². The van der Waals surface area contributed by atoms with Crippen molar-refractivity contribution in [3.8, 4) is 0 Å². The van der Waals surface area contributed by atoms with E-state index in [-0.39, 0.29) is 0 Å². The highest BCUT2D eigenvalue weighted by molar-refractivity contribution is 5.79. The molecule has 0 fully saturated rings. The van der Waals surface area contributed by atoms with Gasteiger partial charge >= 0.3 is 11.9 Å². The molecule has 0 aliphatic carbocycles. The van der Waals surface area contributed by atoms with Gasteiger partial charge in [0.15, 0.2) is 0 Å². The lowest BCUT2D eigenvalue weighted by atomic mass is 10.2. The highest BCUT2D eigenvalue weighted by Gasteiger charge is 2.20. The molecule has 0 spiro atoms. The zero-order valence-corrected chi connectivity index (χ0v) is 14.1. The average Bonchev–Trinajstić information content (AvgIpc) is 2.57. The first-order valence-corrected chi connectivity index (χ1v) is 7.52. The van der Waals surface area contributed by atoms with Crippen molar-refractivity contribution in [1.82, 2.24) is 10.3 Å². The molecular formula is C19H24N2O4. The molecule has 0 saturated heterocycles. The Labute approximate surface area is 147 Å². The van der Waals surface area contributed by atoms with Gasteiger partial charge in [-0.1, -0.05) is 30.4 Å². The SMILES string of the molecule is C=CC(NC(C=C)C(=O)O)C(=O)O.C=CCc1cccc(CC=C)n1. The maximum Gasteiger partial charge on any atom is 0.324 e. The first kappa shape index (κ1) is 22.0. The van der Waals surface area contributed by atoms with Crippen molar-refractivity contribution in [2.24, 2.45) is 0 Å². The molecule has 0 amide bonds. The number of nitrogens with one attached hydrogen (secondary N) is 1. The zero-order chi connectivity index (χ0) is 19.2. The van der Waals surface area contributed by atoms with E-state index in [2.05, 4.69) is 36.6 Å². The minimum Gasteiger partial charge on any atom is -0.480 e. The minimum atomic E-state index is -1.18. The van der Waals surface area contributed by atoms with Crippen molar-refractivity contribution in [1.29, 1.82) is 0 Å². The highest BCUT2D eigenvalue weighted by atomic mass is 16.4. The number of nitrogens with zero attached hydrogens (tertiary/aromatic N) is 1. The Hall–Kier alpha value is -2.99. The fourth-order valence-electron chi connectivity index (χ4n) is 1.73. The van der Waals surface area contributed by atoms with Crippen molar-refractivity contribution in [2.75, 3.05) is 0 Å². The summed E-state index contributed by atoms with van der Waals surface area (Å²) in [6, 6.07) is 3.87. The van der Waals surface area contributed by atoms with Crippen LogP contribution in [-0.2, 0) is 22.4 Å². The van der Waals surface area contributed by atoms with Crippen LogP contribution in [0.5, 0.6) is 0 Å². The van der Waals surface area contributed by atoms with Gasteiger partial charge in [-0.3, -0.25) is 19.9 Å². The van der Waals surface area contributed by atoms with E-state index in [0.717, 1.165) is 36.4 Å². The van der Waals surface area contributed by atoms with E-state index >= 15 is 0 Å². The number of carboxylic acids is 2. The summed E-state index contributed by atoms with van der Waals surface area (Å²) in [4.78, 5) is 25.3. The highest BCUT2D eigenvalue weighted by Crippen LogP contribution is 2.01. The Bertz CT molecular complexity index is 576. The first-order valence-electron chi connectivity index (χ1n) is 7.52. The Morgan fingerprint density at radius 2 is 1.36 bits per heavy atom. The van der Waals surface area contributed by atoms with Crippen LogP contribution in [0.25, 0.3) is 0 Å². The van der Waals surface area contributed by atoms with Crippen LogP contribution >= 0.6 is 0 Å². The zero-order valence-electron chi connectivity index (χ0n) is 14.1. The Morgan fingerprint density at radius 1 is 0.960 bits per heavy atom. The lowest BCUT2D eigenvalue weighted by molar-refractivity contribution is -0.140. The quantitative estimate of drug-likeness (QED) is 0.564. The van der Waals surface area contributed by atoms with Crippen LogP contribution in [0.15, 0.2) is 68.8 Å². The molecule has 6 nitrogen and oxygen atoms in total. The Balaban J connectivity index is 0.000000462. The number of hydrogen-bond donors (Lipinski definition) is 3. The van der Waals surface area contributed by atoms with Gasteiger partial charge in [0.2, 0.25) is 0 Å². The molecule has 0 aliphatic heterocycles. The smallest absolute Gasteiger partial charge is 0.324 e. The molecule has 1 rings (SSSR count). The van der Waals surface area contributed by atoms with E-state index in [9.17, 15) is 9.59 Å². The summed E-state index contributed by atoms with van der Waals surface area (Å²) >= 11 is 0. The lowest BCUT2D eigenvalue weighted by Gasteiger charge is -2.13. The second-order valence-electron chi connectivity index (χ2n) is 4.88. The number of carboxylic acid groups (broad SMARTS) is 2. The molecular weight excluding hydrogens is 320 g/mol. The second-order valence-corrected chi connectivity index (χ2v) is 4.88. The van der Waals surface area contributed by atoms with Crippen molar-refractivity contribution < 1.29 is 19.8 Å². The molecule has 1 heterocycles. The van der Waals surface area contributed by atoms with Crippen molar-refractivity contribution in [2.45, 2.75) is 24.9 Å². The number of rotatable bonds is 10. The molecule has 0 radical (unpaired) electrons. The first-order chi connectivity index (χ1) is 11.9. The van der Waals surface area contributed by atoms with E-state index in [4.69, 9.17) is 10.2 Å². The third-order valence-electron chi connectivity index (χ3n) is 2.93. The third-order valence-corrected chi connectivity index (χ3v) is 2.93. The van der Waals surface area contributed by atoms with Crippen LogP contribution in [0.2, 0.25) is 0 Å². The maximum absolute atomic E-state index is 10.4. The average molecular weight is 344 g/mol. The molecule has 0 saturated carbocycles. The maximum atomic E-state index is 10.4. The molecule has 1 aromatic rings. The molecule has 2 atom stereocenters. The lowest BCUT2D eigenvalue weighted by Crippen LogP contribution is -2.44. The summed E-state index contributed by atoms with van der Waals surface area (Å²) in [7, 11) is 0. The van der Waals surface area contributed by atoms with Gasteiger partial charge in [-0.15, -0.1) is 26.3 Å². The molecule has 1 aromatic heterocycles. The predicted molar refractivity (Wildman–Crippen MR) is 98.4 cm³/mol. The summed E-state index contributed by atoms with van der Waals surface area (Å²) in [5, 5.41) is 19.4. The van der Waals surface area contributed by atoms with Gasteiger partial charge in [0, 0.05) is 24.2 Å². The Kier molecular flexibility index (Phi) is 10.9. The van der Waals surface area contributed by atoms with Gasteiger partial charge in [-0.2, -0.15) is 0 Å². The van der Waals surface area contributed by atoms with E-state index in [1.54, 1.807) is 0 Å². The van der Waals surface area contributed by atoms with Crippen LogP contribution in [0.3, 0.4) is 0 Å². The number of hydrogen-bond acceptors (Lipinski definition) is 4. The topological polar surface area (TPSA) is 99.5 Å². The molecule has 134 valence electrons. The molecule has 6 heteroatoms. The van der Waals surface area contributed by atoms with Gasteiger partial charge in [-0.25, -0.2) is 0 Å². The summed E-state index contributed by atoms with van der Waals surface area (Å²) in [6.45, 7) is 13.9. The van der Waals surface area contributed by atoms with Gasteiger partial charge in [-0.05, 0) is 12.1 Å². The van der Waals surface area contributed by atoms with E-state index in [1.807, 2.05) is 30.4 Å². The van der Waals surface area contributed by atoms with Gasteiger partial charge in [0.05, 0.1) is 0 Å². The summed E-state index contributed by atoms with van der Waals surface area (Å²) in [6.07, 6.45) is 7.62. The van der Waals surface area contributed by atoms with E-state index < -0.39 is 24.0 Å². The molecule has 25 heavy (non-hydrogen) atoms. The van der Waals surface area contributed by atoms with Crippen LogP contribution in [0.1, 0.15) is 11.4 Å². The Morgan fingerprint density at radius 3 is 1.64 bits per heavy atom. The van der Waals surface area contributed by atoms with Crippen molar-refractivity contribution >= 4 is 11.9 Å². The van der Waals surface area contributed by atoms with Crippen molar-refractivity contribution in [3.63, 3.8) is 0 Å². The minimum absolute atomic E-state index is 0.838. The van der Waals surface area contributed by atoms with Gasteiger partial charge in [0.1, 0.15) is 12.1 Å². The van der Waals surface area contributed by atoms with E-state index in [0.29, 0.717) is 0 Å². The number of aliphatic carboxylic acids is 2. The van der Waals surface area contributed by atoms with Crippen LogP contribution in [0, 0.1) is 0 Å². The summed E-state index contributed by atoms with van der Waals surface area (Å²) in [5.74, 6) is -2.36. The fourth-order valence-corrected chi connectivity index (χ4v) is 1.73. The standard InChI is InChI=1S/C11H13N.C8H11NO4/c1-3-6-10-8-5-9-11(12-10)7-4-2;1-3-5(7(10)11)9-6(4-2)8(12)13/h3-5,8-9H,1-2,6-7H2;3-6,9H,1-2H2,(H,10,11)(H,12,13). The summed E-state index contributed by atoms with van der Waals surface area (Å²) in [5.41, 5.74) is 2.15. The predicted octanol–water partition coefficient (Wildman–Crippen LogP) is 2.39. The van der Waals surface area contributed by atoms with Crippen molar-refractivity contribution in [3.05, 3.63) is 80.2 Å². The molecule has 0 bridgehead atoms. The third kappa shape index (κ3) is 9.02. The normalized spacial score (nSPS) is 11.8. The number of carbonyl (C=O) groups is 2. The summed E-state index contributed by atoms with van der Waals surface area (Å²) < 4.78 is 0. The van der Waals surface area contributed by atoms with Crippen LogP contribution in [0.4, 0.5) is 0 Å². The van der Waals surface area contributed by atoms with Gasteiger partial charge in [0.25, 0.3) is 0 Å². The molecule has 3 N–H and O–H groups in total. The van der Waals surface area contributed by atoms with E-state index in [1.165, 1.54) is 0 Å². The monoisotopic (exact) mass is 344 g/mol.